The second-order valence-electron chi connectivity index (χ2n) is 7.14. The molecule has 0 radical (unpaired) electrons. The molecular weight excluding hydrogens is 454 g/mol. The van der Waals surface area contributed by atoms with Crippen LogP contribution in [0.15, 0.2) is 12.1 Å². The van der Waals surface area contributed by atoms with Gasteiger partial charge in [-0.1, -0.05) is 0 Å². The number of carbonyl (C=O) groups excluding carboxylic acids is 3. The summed E-state index contributed by atoms with van der Waals surface area (Å²) in [7, 11) is 0. The Morgan fingerprint density at radius 1 is 1.25 bits per heavy atom. The third kappa shape index (κ3) is 4.67. The number of aromatic hydroxyl groups is 3. The van der Waals surface area contributed by atoms with Crippen LogP contribution in [-0.4, -0.2) is 81.4 Å². The Morgan fingerprint density at radius 2 is 1.88 bits per heavy atom. The number of β-lactam (4-membered cyclic amide) rings is 1. The van der Waals surface area contributed by atoms with E-state index in [0.717, 1.165) is 24.0 Å². The van der Waals surface area contributed by atoms with Crippen molar-refractivity contribution in [1.29, 1.82) is 0 Å². The van der Waals surface area contributed by atoms with Crippen molar-refractivity contribution >= 4 is 35.0 Å². The first-order chi connectivity index (χ1) is 14.8. The molecule has 1 aliphatic heterocycles. The Morgan fingerprint density at radius 3 is 2.38 bits per heavy atom. The van der Waals surface area contributed by atoms with E-state index in [9.17, 15) is 48.4 Å². The first kappa shape index (κ1) is 24.7. The zero-order valence-corrected chi connectivity index (χ0v) is 17.6. The molecule has 32 heavy (non-hydrogen) atoms. The lowest BCUT2D eigenvalue weighted by atomic mass is 9.92. The fourth-order valence-corrected chi connectivity index (χ4v) is 3.62. The summed E-state index contributed by atoms with van der Waals surface area (Å²) in [4.78, 5) is 48.4. The number of aliphatic carboxylic acids is 1. The molecule has 176 valence electrons. The SMILES string of the molecule is C[C@@H]1CC(=O)N1[C@@H](C(=O)O)[C@](C)(COC(=O)NNC(=O)c1ccc(O)c(O)c1O)S(=O)O. The van der Waals surface area contributed by atoms with Crippen LogP contribution in [0.25, 0.3) is 0 Å². The lowest BCUT2D eigenvalue weighted by molar-refractivity contribution is -0.163. The van der Waals surface area contributed by atoms with E-state index in [1.54, 1.807) is 12.3 Å². The fraction of sp³-hybridized carbons (Fsp3) is 0.412. The molecule has 1 aromatic carbocycles. The van der Waals surface area contributed by atoms with E-state index in [-0.39, 0.29) is 6.42 Å². The van der Waals surface area contributed by atoms with Gasteiger partial charge in [0.15, 0.2) is 28.6 Å². The van der Waals surface area contributed by atoms with Gasteiger partial charge in [-0.2, -0.15) is 0 Å². The highest BCUT2D eigenvalue weighted by Crippen LogP contribution is 2.36. The van der Waals surface area contributed by atoms with Crippen LogP contribution < -0.4 is 10.9 Å². The van der Waals surface area contributed by atoms with E-state index in [4.69, 9.17) is 4.74 Å². The van der Waals surface area contributed by atoms with Crippen LogP contribution in [0, 0.1) is 0 Å². The topological polar surface area (TPSA) is 223 Å². The smallest absolute Gasteiger partial charge is 0.426 e. The summed E-state index contributed by atoms with van der Waals surface area (Å²) in [5.74, 6) is -5.85. The average molecular weight is 475 g/mol. The molecule has 1 unspecified atom stereocenters. The number of hydrogen-bond donors (Lipinski definition) is 7. The minimum absolute atomic E-state index is 0.0605. The maximum Gasteiger partial charge on any atom is 0.426 e. The Kier molecular flexibility index (Phi) is 7.15. The standard InChI is InChI=1S/C17H21N3O11S/c1-7-5-10(22)20(7)13(15(26)27)17(2,32(29)30)6-31-16(28)19-18-14(25)8-3-4-9(21)12(24)11(8)23/h3-4,7,13,21,23-24H,5-6H2,1-2H3,(H,18,25)(H,19,28)(H,26,27)(H,29,30)/t7-,13+,17+/m1/s1. The van der Waals surface area contributed by atoms with Crippen LogP contribution >= 0.6 is 0 Å². The van der Waals surface area contributed by atoms with Crippen molar-refractivity contribution in [3.8, 4) is 17.2 Å². The molecule has 0 saturated carbocycles. The van der Waals surface area contributed by atoms with Crippen molar-refractivity contribution in [1.82, 2.24) is 15.8 Å². The predicted octanol–water partition coefficient (Wildman–Crippen LogP) is -0.771. The van der Waals surface area contributed by atoms with E-state index in [0.29, 0.717) is 0 Å². The molecule has 2 rings (SSSR count). The maximum absolute atomic E-state index is 12.0. The quantitative estimate of drug-likeness (QED) is 0.112. The number of rotatable bonds is 7. The van der Waals surface area contributed by atoms with Gasteiger partial charge in [-0.3, -0.25) is 15.0 Å². The average Bonchev–Trinajstić information content (AvgIpc) is 2.72. The minimum atomic E-state index is -2.86. The number of amides is 3. The van der Waals surface area contributed by atoms with E-state index in [1.165, 1.54) is 0 Å². The van der Waals surface area contributed by atoms with Gasteiger partial charge in [-0.25, -0.2) is 19.2 Å². The lowest BCUT2D eigenvalue weighted by Gasteiger charge is -2.47. The summed E-state index contributed by atoms with van der Waals surface area (Å²) >= 11 is -2.86. The van der Waals surface area contributed by atoms with Gasteiger partial charge in [0, 0.05) is 12.5 Å². The molecule has 4 atom stereocenters. The monoisotopic (exact) mass is 475 g/mol. The van der Waals surface area contributed by atoms with Gasteiger partial charge >= 0.3 is 12.1 Å². The largest absolute Gasteiger partial charge is 0.504 e. The van der Waals surface area contributed by atoms with Crippen LogP contribution in [0.1, 0.15) is 30.6 Å². The van der Waals surface area contributed by atoms with Crippen molar-refractivity contribution in [2.75, 3.05) is 6.61 Å². The van der Waals surface area contributed by atoms with Crippen molar-refractivity contribution in [2.24, 2.45) is 0 Å². The normalized spacial score (nSPS) is 19.2. The number of hydrazine groups is 1. The number of hydrogen-bond acceptors (Lipinski definition) is 9. The number of carbonyl (C=O) groups is 4. The van der Waals surface area contributed by atoms with Gasteiger partial charge in [0.25, 0.3) is 5.91 Å². The van der Waals surface area contributed by atoms with Crippen molar-refractivity contribution in [3.05, 3.63) is 17.7 Å². The number of phenols is 3. The number of likely N-dealkylation sites (tertiary alicyclic amines) is 1. The van der Waals surface area contributed by atoms with Crippen LogP contribution in [0.4, 0.5) is 4.79 Å². The number of phenolic OH excluding ortho intramolecular Hbond substituents is 3. The number of nitrogens with zero attached hydrogens (tertiary/aromatic N) is 1. The molecule has 1 saturated heterocycles. The molecular formula is C17H21N3O11S. The zero-order chi connectivity index (χ0) is 24.4. The third-order valence-electron chi connectivity index (χ3n) is 4.86. The molecule has 1 fully saturated rings. The summed E-state index contributed by atoms with van der Waals surface area (Å²) in [6, 6.07) is -0.423. The number of nitrogens with one attached hydrogen (secondary N) is 2. The molecule has 0 aliphatic carbocycles. The predicted molar refractivity (Wildman–Crippen MR) is 105 cm³/mol. The number of carboxylic acid groups (broad SMARTS) is 1. The molecule has 1 aromatic rings. The minimum Gasteiger partial charge on any atom is -0.504 e. The summed E-state index contributed by atoms with van der Waals surface area (Å²) in [5, 5.41) is 37.9. The van der Waals surface area contributed by atoms with E-state index in [2.05, 4.69) is 0 Å². The number of carboxylic acids is 1. The first-order valence-electron chi connectivity index (χ1n) is 8.93. The molecule has 1 aliphatic rings. The Labute approximate surface area is 183 Å². The highest BCUT2D eigenvalue weighted by Gasteiger charge is 2.54. The van der Waals surface area contributed by atoms with Gasteiger partial charge in [0.1, 0.15) is 11.4 Å². The second kappa shape index (κ2) is 9.27. The summed E-state index contributed by atoms with van der Waals surface area (Å²) in [6.45, 7) is 1.68. The molecule has 14 nitrogen and oxygen atoms in total. The maximum atomic E-state index is 12.0. The van der Waals surface area contributed by atoms with Crippen LogP contribution in [0.2, 0.25) is 0 Å². The van der Waals surface area contributed by atoms with E-state index in [1.807, 2.05) is 5.43 Å². The summed E-state index contributed by atoms with van der Waals surface area (Å²) in [5.41, 5.74) is 3.08. The second-order valence-corrected chi connectivity index (χ2v) is 8.57. The van der Waals surface area contributed by atoms with Gasteiger partial charge < -0.3 is 34.6 Å². The van der Waals surface area contributed by atoms with E-state index < -0.39 is 81.2 Å². The molecule has 7 N–H and O–H groups in total. The summed E-state index contributed by atoms with van der Waals surface area (Å²) < 4.78 is 24.3. The van der Waals surface area contributed by atoms with Crippen LogP contribution in [0.5, 0.6) is 17.2 Å². The number of benzene rings is 1. The first-order valence-corrected chi connectivity index (χ1v) is 10.0. The number of ether oxygens (including phenoxy) is 1. The van der Waals surface area contributed by atoms with Gasteiger partial charge in [-0.15, -0.1) is 0 Å². The van der Waals surface area contributed by atoms with Crippen molar-refractivity contribution < 1.29 is 53.1 Å². The van der Waals surface area contributed by atoms with Gasteiger partial charge in [0.05, 0.1) is 5.56 Å². The summed E-state index contributed by atoms with van der Waals surface area (Å²) in [6.07, 6.45) is -1.30. The Balaban J connectivity index is 2.06. The lowest BCUT2D eigenvalue weighted by Crippen LogP contribution is -2.68. The zero-order valence-electron chi connectivity index (χ0n) is 16.8. The molecule has 15 heteroatoms. The molecule has 0 aromatic heterocycles. The highest BCUT2D eigenvalue weighted by atomic mass is 32.2. The highest BCUT2D eigenvalue weighted by molar-refractivity contribution is 7.80. The van der Waals surface area contributed by atoms with Gasteiger partial charge in [0.2, 0.25) is 11.7 Å². The Bertz CT molecular complexity index is 985. The van der Waals surface area contributed by atoms with Crippen LogP contribution in [-0.2, 0) is 25.4 Å². The third-order valence-corrected chi connectivity index (χ3v) is 6.00. The molecule has 0 bridgehead atoms. The Hall–Kier alpha value is -3.59. The molecule has 3 amide bonds. The van der Waals surface area contributed by atoms with Crippen molar-refractivity contribution in [2.45, 2.75) is 37.1 Å². The van der Waals surface area contributed by atoms with Crippen molar-refractivity contribution in [3.63, 3.8) is 0 Å². The van der Waals surface area contributed by atoms with Crippen LogP contribution in [0.3, 0.4) is 0 Å². The van der Waals surface area contributed by atoms with E-state index >= 15 is 0 Å². The van der Waals surface area contributed by atoms with Gasteiger partial charge in [-0.05, 0) is 26.0 Å². The molecule has 1 heterocycles. The molecule has 0 spiro atoms. The fourth-order valence-electron chi connectivity index (χ4n) is 3.06.